The third kappa shape index (κ3) is 9.09. The highest BCUT2D eigenvalue weighted by molar-refractivity contribution is 9.10. The lowest BCUT2D eigenvalue weighted by Gasteiger charge is -2.11. The summed E-state index contributed by atoms with van der Waals surface area (Å²) in [6.07, 6.45) is 1.50. The van der Waals surface area contributed by atoms with Crippen molar-refractivity contribution in [2.45, 2.75) is 24.7 Å². The molecule has 0 unspecified atom stereocenters. The van der Waals surface area contributed by atoms with Crippen molar-refractivity contribution in [2.24, 2.45) is 0 Å². The van der Waals surface area contributed by atoms with Gasteiger partial charge in [-0.1, -0.05) is 72.2 Å². The maximum absolute atomic E-state index is 13.4. The monoisotopic (exact) mass is 693 g/mol. The molecule has 5 rings (SSSR count). The summed E-state index contributed by atoms with van der Waals surface area (Å²) in [7, 11) is 0. The Bertz CT molecular complexity index is 1830. The summed E-state index contributed by atoms with van der Waals surface area (Å²) < 4.78 is 6.93. The highest BCUT2D eigenvalue weighted by Crippen LogP contribution is 2.26. The summed E-state index contributed by atoms with van der Waals surface area (Å²) in [5.74, 6) is 0.634. The average Bonchev–Trinajstić information content (AvgIpc) is 3.53. The topological polar surface area (TPSA) is 100 Å². The molecule has 46 heavy (non-hydrogen) atoms. The zero-order valence-electron chi connectivity index (χ0n) is 25.3. The predicted molar refractivity (Wildman–Crippen MR) is 189 cm³/mol. The van der Waals surface area contributed by atoms with E-state index in [4.69, 9.17) is 4.42 Å². The van der Waals surface area contributed by atoms with Gasteiger partial charge in [-0.2, -0.15) is 0 Å². The van der Waals surface area contributed by atoms with Crippen molar-refractivity contribution in [3.63, 3.8) is 0 Å². The summed E-state index contributed by atoms with van der Waals surface area (Å²) >= 11 is 4.82. The molecule has 9 heteroatoms. The van der Waals surface area contributed by atoms with Gasteiger partial charge < -0.3 is 20.4 Å². The van der Waals surface area contributed by atoms with Crippen LogP contribution in [0.15, 0.2) is 135 Å². The lowest BCUT2D eigenvalue weighted by molar-refractivity contribution is -0.114. The SMILES string of the molecule is CC(C)c1ccc(NC(=O)CSc2ccc(NC(=O)/C(=C/c3ccc(-c4ccc(Br)cc4)o3)NC(=O)c3ccccc3)cc2)cc1. The van der Waals surface area contributed by atoms with Crippen molar-refractivity contribution >= 4 is 62.9 Å². The second-order valence-electron chi connectivity index (χ2n) is 10.7. The van der Waals surface area contributed by atoms with Gasteiger partial charge in [0.25, 0.3) is 11.8 Å². The smallest absolute Gasteiger partial charge is 0.272 e. The Morgan fingerprint density at radius 1 is 0.783 bits per heavy atom. The molecule has 232 valence electrons. The lowest BCUT2D eigenvalue weighted by atomic mass is 10.0. The van der Waals surface area contributed by atoms with E-state index in [0.717, 1.165) is 20.6 Å². The quantitative estimate of drug-likeness (QED) is 0.0947. The minimum atomic E-state index is -0.519. The van der Waals surface area contributed by atoms with E-state index < -0.39 is 11.8 Å². The van der Waals surface area contributed by atoms with Crippen LogP contribution in [0.1, 0.15) is 41.4 Å². The fraction of sp³-hybridized carbons (Fsp3) is 0.108. The van der Waals surface area contributed by atoms with E-state index >= 15 is 0 Å². The zero-order valence-corrected chi connectivity index (χ0v) is 27.7. The van der Waals surface area contributed by atoms with Crippen molar-refractivity contribution in [3.8, 4) is 11.3 Å². The van der Waals surface area contributed by atoms with Gasteiger partial charge in [-0.25, -0.2) is 0 Å². The van der Waals surface area contributed by atoms with Crippen LogP contribution in [0, 0.1) is 0 Å². The Labute approximate surface area is 280 Å². The fourth-order valence-electron chi connectivity index (χ4n) is 4.41. The van der Waals surface area contributed by atoms with Crippen LogP contribution < -0.4 is 16.0 Å². The summed E-state index contributed by atoms with van der Waals surface area (Å²) in [5, 5.41) is 8.49. The molecule has 0 bridgehead atoms. The van der Waals surface area contributed by atoms with Gasteiger partial charge in [0.2, 0.25) is 5.91 Å². The molecule has 3 N–H and O–H groups in total. The Balaban J connectivity index is 1.24. The number of amides is 3. The van der Waals surface area contributed by atoms with Gasteiger partial charge in [-0.3, -0.25) is 14.4 Å². The molecular weight excluding hydrogens is 662 g/mol. The van der Waals surface area contributed by atoms with Crippen LogP contribution in [0.2, 0.25) is 0 Å². The fourth-order valence-corrected chi connectivity index (χ4v) is 5.38. The molecule has 0 aliphatic rings. The Morgan fingerprint density at radius 3 is 2.11 bits per heavy atom. The second kappa shape index (κ2) is 15.4. The molecule has 1 aromatic heterocycles. The lowest BCUT2D eigenvalue weighted by Crippen LogP contribution is -2.30. The maximum Gasteiger partial charge on any atom is 0.272 e. The van der Waals surface area contributed by atoms with Gasteiger partial charge in [0, 0.05) is 37.9 Å². The van der Waals surface area contributed by atoms with Gasteiger partial charge in [-0.15, -0.1) is 11.8 Å². The third-order valence-electron chi connectivity index (χ3n) is 6.91. The molecule has 0 aliphatic heterocycles. The number of nitrogens with one attached hydrogen (secondary N) is 3. The number of carbonyl (C=O) groups excluding carboxylic acids is 3. The standard InChI is InChI=1S/C37H32BrN3O4S/c1-24(2)25-10-14-29(15-11-25)39-35(42)23-46-32-19-16-30(17-20-32)40-37(44)33(41-36(43)27-6-4-3-5-7-27)22-31-18-21-34(45-31)26-8-12-28(38)13-9-26/h3-22,24H,23H2,1-2H3,(H,39,42)(H,40,44)(H,41,43)/b33-22-. The zero-order chi connectivity index (χ0) is 32.5. The third-order valence-corrected chi connectivity index (χ3v) is 8.45. The van der Waals surface area contributed by atoms with E-state index in [1.54, 1.807) is 42.5 Å². The van der Waals surface area contributed by atoms with E-state index in [1.807, 2.05) is 72.8 Å². The van der Waals surface area contributed by atoms with Crippen molar-refractivity contribution in [1.29, 1.82) is 0 Å². The average molecular weight is 695 g/mol. The molecule has 5 aromatic rings. The molecule has 0 aliphatic carbocycles. The van der Waals surface area contributed by atoms with Gasteiger partial charge >= 0.3 is 0 Å². The molecule has 0 atom stereocenters. The number of carbonyl (C=O) groups is 3. The van der Waals surface area contributed by atoms with Crippen molar-refractivity contribution in [3.05, 3.63) is 142 Å². The number of rotatable bonds is 11. The first kappa shape index (κ1) is 32.5. The molecule has 0 radical (unpaired) electrons. The number of thioether (sulfide) groups is 1. The first-order valence-electron chi connectivity index (χ1n) is 14.6. The highest BCUT2D eigenvalue weighted by Gasteiger charge is 2.17. The van der Waals surface area contributed by atoms with Gasteiger partial charge in [-0.05, 0) is 84.3 Å². The van der Waals surface area contributed by atoms with Crippen molar-refractivity contribution in [2.75, 3.05) is 16.4 Å². The largest absolute Gasteiger partial charge is 0.457 e. The van der Waals surface area contributed by atoms with Gasteiger partial charge in [0.15, 0.2) is 0 Å². The normalized spacial score (nSPS) is 11.3. The first-order chi connectivity index (χ1) is 22.2. The number of hydrogen-bond donors (Lipinski definition) is 3. The van der Waals surface area contributed by atoms with E-state index in [1.165, 1.54) is 23.4 Å². The van der Waals surface area contributed by atoms with E-state index in [0.29, 0.717) is 28.7 Å². The van der Waals surface area contributed by atoms with Crippen LogP contribution in [0.4, 0.5) is 11.4 Å². The van der Waals surface area contributed by atoms with Crippen LogP contribution >= 0.6 is 27.7 Å². The molecule has 3 amide bonds. The number of benzene rings is 4. The molecule has 0 spiro atoms. The van der Waals surface area contributed by atoms with Crippen LogP contribution in [0.3, 0.4) is 0 Å². The Kier molecular flexibility index (Phi) is 10.9. The minimum absolute atomic E-state index is 0.0158. The van der Waals surface area contributed by atoms with Gasteiger partial charge in [0.05, 0.1) is 5.75 Å². The summed E-state index contributed by atoms with van der Waals surface area (Å²) in [4.78, 5) is 39.8. The molecule has 0 fully saturated rings. The number of halogens is 1. The molecule has 0 saturated heterocycles. The van der Waals surface area contributed by atoms with E-state index in [-0.39, 0.29) is 17.4 Å². The second-order valence-corrected chi connectivity index (χ2v) is 12.6. The molecule has 1 heterocycles. The predicted octanol–water partition coefficient (Wildman–Crippen LogP) is 8.97. The summed E-state index contributed by atoms with van der Waals surface area (Å²) in [5.41, 5.74) is 3.80. The van der Waals surface area contributed by atoms with E-state index in [9.17, 15) is 14.4 Å². The number of hydrogen-bond acceptors (Lipinski definition) is 5. The number of furan rings is 1. The van der Waals surface area contributed by atoms with Crippen LogP contribution in [-0.2, 0) is 9.59 Å². The number of anilines is 2. The highest BCUT2D eigenvalue weighted by atomic mass is 79.9. The molecular formula is C37H32BrN3O4S. The van der Waals surface area contributed by atoms with Crippen molar-refractivity contribution in [1.82, 2.24) is 5.32 Å². The minimum Gasteiger partial charge on any atom is -0.457 e. The van der Waals surface area contributed by atoms with Crippen LogP contribution in [0.25, 0.3) is 17.4 Å². The van der Waals surface area contributed by atoms with Gasteiger partial charge in [0.1, 0.15) is 17.2 Å². The van der Waals surface area contributed by atoms with Crippen LogP contribution in [0.5, 0.6) is 0 Å². The van der Waals surface area contributed by atoms with Crippen molar-refractivity contribution < 1.29 is 18.8 Å². The van der Waals surface area contributed by atoms with E-state index in [2.05, 4.69) is 45.7 Å². The maximum atomic E-state index is 13.4. The summed E-state index contributed by atoms with van der Waals surface area (Å²) in [6, 6.07) is 34.9. The summed E-state index contributed by atoms with van der Waals surface area (Å²) in [6.45, 7) is 4.25. The first-order valence-corrected chi connectivity index (χ1v) is 16.4. The Morgan fingerprint density at radius 2 is 1.43 bits per heavy atom. The molecule has 0 saturated carbocycles. The molecule has 4 aromatic carbocycles. The Hall–Kier alpha value is -4.86. The van der Waals surface area contributed by atoms with Crippen LogP contribution in [-0.4, -0.2) is 23.5 Å². The molecule has 7 nitrogen and oxygen atoms in total.